The molecule has 2 rings (SSSR count). The summed E-state index contributed by atoms with van der Waals surface area (Å²) >= 11 is 1.55. The lowest BCUT2D eigenvalue weighted by Gasteiger charge is -2.32. The number of amides is 2. The van der Waals surface area contributed by atoms with Crippen LogP contribution in [0.4, 0.5) is 0 Å². The standard InChI is InChI=1S/C17H24N2O3S/c1-5-15(20)18-10-12-11-19(8-9-22-12)16(21)13-6-7-14(23-13)17(2,3)4/h5-7,12H,1,8-11H2,2-4H3,(H,18,20)/t12-/m0/s1. The molecule has 1 aliphatic rings. The third-order valence-corrected chi connectivity index (χ3v) is 5.17. The molecule has 1 N–H and O–H groups in total. The van der Waals surface area contributed by atoms with Crippen LogP contribution in [0.3, 0.4) is 0 Å². The van der Waals surface area contributed by atoms with E-state index in [4.69, 9.17) is 4.74 Å². The summed E-state index contributed by atoms with van der Waals surface area (Å²) in [4.78, 5) is 27.6. The van der Waals surface area contributed by atoms with Gasteiger partial charge in [-0.3, -0.25) is 9.59 Å². The summed E-state index contributed by atoms with van der Waals surface area (Å²) in [7, 11) is 0. The lowest BCUT2D eigenvalue weighted by atomic mass is 9.95. The molecule has 1 saturated heterocycles. The fraction of sp³-hybridized carbons (Fsp3) is 0.529. The first-order chi connectivity index (χ1) is 10.8. The van der Waals surface area contributed by atoms with Crippen LogP contribution in [-0.4, -0.2) is 49.1 Å². The molecular formula is C17H24N2O3S. The predicted molar refractivity (Wildman–Crippen MR) is 91.9 cm³/mol. The van der Waals surface area contributed by atoms with Crippen molar-refractivity contribution in [1.29, 1.82) is 0 Å². The Morgan fingerprint density at radius 1 is 1.48 bits per heavy atom. The van der Waals surface area contributed by atoms with Crippen LogP contribution >= 0.6 is 11.3 Å². The number of thiophene rings is 1. The van der Waals surface area contributed by atoms with E-state index in [1.165, 1.54) is 11.0 Å². The fourth-order valence-corrected chi connectivity index (χ4v) is 3.36. The average molecular weight is 336 g/mol. The van der Waals surface area contributed by atoms with E-state index in [9.17, 15) is 9.59 Å². The number of carbonyl (C=O) groups excluding carboxylic acids is 2. The van der Waals surface area contributed by atoms with Gasteiger partial charge in [0.1, 0.15) is 0 Å². The van der Waals surface area contributed by atoms with Crippen molar-refractivity contribution in [2.24, 2.45) is 0 Å². The second-order valence-corrected chi connectivity index (χ2v) is 7.69. The average Bonchev–Trinajstić information content (AvgIpc) is 3.02. The highest BCUT2D eigenvalue weighted by molar-refractivity contribution is 7.14. The van der Waals surface area contributed by atoms with Gasteiger partial charge in [-0.25, -0.2) is 0 Å². The number of nitrogens with one attached hydrogen (secondary N) is 1. The quantitative estimate of drug-likeness (QED) is 0.858. The summed E-state index contributed by atoms with van der Waals surface area (Å²) in [6.45, 7) is 11.8. The summed E-state index contributed by atoms with van der Waals surface area (Å²) in [5, 5.41) is 2.71. The highest BCUT2D eigenvalue weighted by atomic mass is 32.1. The maximum absolute atomic E-state index is 12.7. The Labute approximate surface area is 141 Å². The van der Waals surface area contributed by atoms with Gasteiger partial charge in [0.05, 0.1) is 17.6 Å². The van der Waals surface area contributed by atoms with Gasteiger partial charge in [-0.1, -0.05) is 27.4 Å². The fourth-order valence-electron chi connectivity index (χ4n) is 2.33. The molecule has 1 aliphatic heterocycles. The molecule has 0 saturated carbocycles. The minimum atomic E-state index is -0.231. The van der Waals surface area contributed by atoms with Crippen LogP contribution in [0.1, 0.15) is 35.3 Å². The molecule has 6 heteroatoms. The number of nitrogens with zero attached hydrogens (tertiary/aromatic N) is 1. The first-order valence-electron chi connectivity index (χ1n) is 7.72. The van der Waals surface area contributed by atoms with Crippen molar-refractivity contribution >= 4 is 23.2 Å². The van der Waals surface area contributed by atoms with Crippen LogP contribution in [0.2, 0.25) is 0 Å². The minimum Gasteiger partial charge on any atom is -0.373 e. The van der Waals surface area contributed by atoms with Crippen molar-refractivity contribution in [2.45, 2.75) is 32.3 Å². The lowest BCUT2D eigenvalue weighted by Crippen LogP contribution is -2.49. The van der Waals surface area contributed by atoms with Gasteiger partial charge in [0, 0.05) is 24.5 Å². The molecule has 1 fully saturated rings. The molecule has 0 aromatic carbocycles. The van der Waals surface area contributed by atoms with Crippen molar-refractivity contribution < 1.29 is 14.3 Å². The molecule has 1 aromatic rings. The van der Waals surface area contributed by atoms with Crippen molar-refractivity contribution in [3.63, 3.8) is 0 Å². The van der Waals surface area contributed by atoms with Gasteiger partial charge in [0.2, 0.25) is 5.91 Å². The molecule has 0 radical (unpaired) electrons. The van der Waals surface area contributed by atoms with Gasteiger partial charge in [0.25, 0.3) is 5.91 Å². The maximum atomic E-state index is 12.7. The van der Waals surface area contributed by atoms with Gasteiger partial charge in [-0.05, 0) is 23.6 Å². The Morgan fingerprint density at radius 2 is 2.22 bits per heavy atom. The Hall–Kier alpha value is -1.66. The molecule has 1 atom stereocenters. The van der Waals surface area contributed by atoms with E-state index in [1.54, 1.807) is 16.2 Å². The molecule has 126 valence electrons. The summed E-state index contributed by atoms with van der Waals surface area (Å²) in [6, 6.07) is 3.93. The smallest absolute Gasteiger partial charge is 0.264 e. The van der Waals surface area contributed by atoms with Crippen LogP contribution in [0.5, 0.6) is 0 Å². The van der Waals surface area contributed by atoms with E-state index in [1.807, 2.05) is 12.1 Å². The van der Waals surface area contributed by atoms with Crippen LogP contribution in [0.25, 0.3) is 0 Å². The van der Waals surface area contributed by atoms with Crippen molar-refractivity contribution in [3.05, 3.63) is 34.5 Å². The van der Waals surface area contributed by atoms with Gasteiger partial charge in [-0.2, -0.15) is 0 Å². The van der Waals surface area contributed by atoms with E-state index in [0.717, 1.165) is 4.88 Å². The summed E-state index contributed by atoms with van der Waals surface area (Å²) in [6.07, 6.45) is 1.05. The number of ether oxygens (including phenoxy) is 1. The number of morpholine rings is 1. The van der Waals surface area contributed by atoms with Crippen LogP contribution in [-0.2, 0) is 14.9 Å². The highest BCUT2D eigenvalue weighted by Gasteiger charge is 2.27. The minimum absolute atomic E-state index is 0.0360. The van der Waals surface area contributed by atoms with Gasteiger partial charge in [0.15, 0.2) is 0 Å². The molecule has 23 heavy (non-hydrogen) atoms. The van der Waals surface area contributed by atoms with E-state index in [2.05, 4.69) is 32.7 Å². The van der Waals surface area contributed by atoms with Crippen LogP contribution < -0.4 is 5.32 Å². The molecule has 5 nitrogen and oxygen atoms in total. The van der Waals surface area contributed by atoms with E-state index in [0.29, 0.717) is 26.2 Å². The Bertz CT molecular complexity index is 589. The lowest BCUT2D eigenvalue weighted by molar-refractivity contribution is -0.117. The summed E-state index contributed by atoms with van der Waals surface area (Å²) in [5.41, 5.74) is 0.0473. The van der Waals surface area contributed by atoms with Crippen LogP contribution in [0, 0.1) is 0 Å². The molecule has 0 spiro atoms. The van der Waals surface area contributed by atoms with Gasteiger partial charge >= 0.3 is 0 Å². The Morgan fingerprint density at radius 3 is 2.83 bits per heavy atom. The molecular weight excluding hydrogens is 312 g/mol. The SMILES string of the molecule is C=CC(=O)NC[C@H]1CN(C(=O)c2ccc(C(C)(C)C)s2)CCO1. The maximum Gasteiger partial charge on any atom is 0.264 e. The number of hydrogen-bond donors (Lipinski definition) is 1. The van der Waals surface area contributed by atoms with Gasteiger partial charge < -0.3 is 15.0 Å². The molecule has 0 unspecified atom stereocenters. The topological polar surface area (TPSA) is 58.6 Å². The van der Waals surface area contributed by atoms with E-state index in [-0.39, 0.29) is 23.3 Å². The largest absolute Gasteiger partial charge is 0.373 e. The molecule has 2 heterocycles. The highest BCUT2D eigenvalue weighted by Crippen LogP contribution is 2.30. The van der Waals surface area contributed by atoms with Crippen molar-refractivity contribution in [2.75, 3.05) is 26.2 Å². The Kier molecular flexibility index (Phi) is 5.59. The normalized spacial score (nSPS) is 18.6. The number of rotatable bonds is 4. The predicted octanol–water partition coefficient (Wildman–Crippen LogP) is 2.19. The third kappa shape index (κ3) is 4.65. The second-order valence-electron chi connectivity index (χ2n) is 6.61. The van der Waals surface area contributed by atoms with Crippen molar-refractivity contribution in [3.8, 4) is 0 Å². The monoisotopic (exact) mass is 336 g/mol. The van der Waals surface area contributed by atoms with Crippen LogP contribution in [0.15, 0.2) is 24.8 Å². The zero-order valence-corrected chi connectivity index (χ0v) is 14.7. The van der Waals surface area contributed by atoms with E-state index < -0.39 is 0 Å². The van der Waals surface area contributed by atoms with E-state index >= 15 is 0 Å². The zero-order valence-electron chi connectivity index (χ0n) is 13.9. The third-order valence-electron chi connectivity index (χ3n) is 3.67. The molecule has 0 aliphatic carbocycles. The molecule has 0 bridgehead atoms. The van der Waals surface area contributed by atoms with Gasteiger partial charge in [-0.15, -0.1) is 11.3 Å². The second kappa shape index (κ2) is 7.27. The zero-order chi connectivity index (χ0) is 17.0. The molecule has 1 aromatic heterocycles. The summed E-state index contributed by atoms with van der Waals surface area (Å²) < 4.78 is 5.61. The number of hydrogen-bond acceptors (Lipinski definition) is 4. The first kappa shape index (κ1) is 17.7. The molecule has 2 amide bonds. The van der Waals surface area contributed by atoms with Crippen molar-refractivity contribution in [1.82, 2.24) is 10.2 Å². The number of carbonyl (C=O) groups is 2. The summed E-state index contributed by atoms with van der Waals surface area (Å²) in [5.74, 6) is -0.195. The first-order valence-corrected chi connectivity index (χ1v) is 8.54. The Balaban J connectivity index is 1.97.